The third-order valence-electron chi connectivity index (χ3n) is 6.62. The van der Waals surface area contributed by atoms with Crippen LogP contribution in [-0.4, -0.2) is 65.1 Å². The Morgan fingerprint density at radius 2 is 1.71 bits per heavy atom. The quantitative estimate of drug-likeness (QED) is 0.251. The molecule has 3 rings (SSSR count). The molecule has 8 heteroatoms. The summed E-state index contributed by atoms with van der Waals surface area (Å²) < 4.78 is 10.8. The first-order valence-electron chi connectivity index (χ1n) is 12.1. The van der Waals surface area contributed by atoms with Gasteiger partial charge < -0.3 is 35.1 Å². The molecule has 2 aromatic rings. The molecule has 4 N–H and O–H groups in total. The van der Waals surface area contributed by atoms with Crippen molar-refractivity contribution in [1.29, 1.82) is 5.41 Å². The minimum atomic E-state index is -1.09. The average Bonchev–Trinajstić information content (AvgIpc) is 3.38. The summed E-state index contributed by atoms with van der Waals surface area (Å²) in [4.78, 5) is 15.3. The summed E-state index contributed by atoms with van der Waals surface area (Å²) in [6.07, 6.45) is 1.64. The van der Waals surface area contributed by atoms with Crippen LogP contribution in [0, 0.1) is 17.2 Å². The van der Waals surface area contributed by atoms with E-state index in [-0.39, 0.29) is 36.0 Å². The number of nitrogens with zero attached hydrogens (tertiary/aromatic N) is 1. The number of phenolic OH excluding ortho intramolecular Hbond substituents is 2. The standard InChI is InChI=1S/C27H36N2O6/c1-3-21(23(30)12-15-35-20-9-7-19(34-2)8-10-20)26(28)22(17-29-13-4-5-14-29)27(33)18-6-11-24(31)25(32)16-18/h6-11,16,21-22,27-28,31-33H,3-5,12-15,17H2,1-2H3/t21-,22?,27-/m1/s1. The van der Waals surface area contributed by atoms with Crippen molar-refractivity contribution >= 4 is 11.5 Å². The van der Waals surface area contributed by atoms with Gasteiger partial charge in [0.25, 0.3) is 0 Å². The maximum absolute atomic E-state index is 13.1. The van der Waals surface area contributed by atoms with E-state index in [0.717, 1.165) is 31.7 Å². The molecule has 0 amide bonds. The lowest BCUT2D eigenvalue weighted by Gasteiger charge is -2.31. The maximum atomic E-state index is 13.1. The van der Waals surface area contributed by atoms with Crippen LogP contribution in [0.25, 0.3) is 0 Å². The van der Waals surface area contributed by atoms with E-state index in [9.17, 15) is 20.1 Å². The van der Waals surface area contributed by atoms with E-state index in [0.29, 0.717) is 24.3 Å². The van der Waals surface area contributed by atoms with Crippen LogP contribution in [0.4, 0.5) is 0 Å². The van der Waals surface area contributed by atoms with Crippen LogP contribution < -0.4 is 9.47 Å². The van der Waals surface area contributed by atoms with Crippen molar-refractivity contribution in [2.45, 2.75) is 38.7 Å². The van der Waals surface area contributed by atoms with Gasteiger partial charge in [-0.2, -0.15) is 0 Å². The van der Waals surface area contributed by atoms with Crippen LogP contribution in [0.5, 0.6) is 23.0 Å². The second-order valence-electron chi connectivity index (χ2n) is 8.96. The number of ether oxygens (including phenoxy) is 2. The maximum Gasteiger partial charge on any atom is 0.157 e. The minimum Gasteiger partial charge on any atom is -0.504 e. The molecule has 1 unspecified atom stereocenters. The summed E-state index contributed by atoms with van der Waals surface area (Å²) in [5.74, 6) is -0.597. The molecule has 2 aromatic carbocycles. The second-order valence-corrected chi connectivity index (χ2v) is 8.96. The Morgan fingerprint density at radius 3 is 2.31 bits per heavy atom. The molecule has 0 radical (unpaired) electrons. The summed E-state index contributed by atoms with van der Waals surface area (Å²) in [6.45, 7) is 4.29. The highest BCUT2D eigenvalue weighted by atomic mass is 16.5. The molecule has 1 heterocycles. The fourth-order valence-corrected chi connectivity index (χ4v) is 4.56. The van der Waals surface area contributed by atoms with Crippen LogP contribution in [0.3, 0.4) is 0 Å². The van der Waals surface area contributed by atoms with Gasteiger partial charge in [0.2, 0.25) is 0 Å². The van der Waals surface area contributed by atoms with E-state index < -0.39 is 17.9 Å². The number of Topliss-reactive ketones (excluding diaryl/α,β-unsaturated/α-hetero) is 1. The topological polar surface area (TPSA) is 123 Å². The van der Waals surface area contributed by atoms with Crippen LogP contribution in [0.1, 0.15) is 44.3 Å². The molecule has 1 saturated heterocycles. The van der Waals surface area contributed by atoms with Gasteiger partial charge in [-0.15, -0.1) is 0 Å². The zero-order valence-corrected chi connectivity index (χ0v) is 20.4. The van der Waals surface area contributed by atoms with E-state index in [1.165, 1.54) is 18.2 Å². The molecule has 0 spiro atoms. The molecule has 3 atom stereocenters. The number of nitrogens with one attached hydrogen (secondary N) is 1. The number of aromatic hydroxyl groups is 2. The van der Waals surface area contributed by atoms with E-state index >= 15 is 0 Å². The lowest BCUT2D eigenvalue weighted by molar-refractivity contribution is -0.121. The molecule has 0 aliphatic carbocycles. The highest BCUT2D eigenvalue weighted by molar-refractivity contribution is 6.05. The largest absolute Gasteiger partial charge is 0.504 e. The number of aliphatic hydroxyl groups excluding tert-OH is 1. The molecular formula is C27H36N2O6. The predicted molar refractivity (Wildman–Crippen MR) is 134 cm³/mol. The van der Waals surface area contributed by atoms with Crippen LogP contribution in [0.2, 0.25) is 0 Å². The Kier molecular flexibility index (Phi) is 9.51. The van der Waals surface area contributed by atoms with Gasteiger partial charge in [0, 0.05) is 24.6 Å². The number of likely N-dealkylation sites (tertiary alicyclic amines) is 1. The van der Waals surface area contributed by atoms with Crippen molar-refractivity contribution in [2.24, 2.45) is 11.8 Å². The number of carbonyl (C=O) groups excluding carboxylic acids is 1. The van der Waals surface area contributed by atoms with Crippen molar-refractivity contribution in [1.82, 2.24) is 4.90 Å². The van der Waals surface area contributed by atoms with Crippen molar-refractivity contribution < 1.29 is 29.6 Å². The number of rotatable bonds is 13. The summed E-state index contributed by atoms with van der Waals surface area (Å²) in [6, 6.07) is 11.3. The minimum absolute atomic E-state index is 0.0989. The number of hydrogen-bond acceptors (Lipinski definition) is 8. The third-order valence-corrected chi connectivity index (χ3v) is 6.62. The second kappa shape index (κ2) is 12.6. The first-order chi connectivity index (χ1) is 16.8. The molecular weight excluding hydrogens is 448 g/mol. The lowest BCUT2D eigenvalue weighted by atomic mass is 9.81. The molecule has 35 heavy (non-hydrogen) atoms. The van der Waals surface area contributed by atoms with Crippen molar-refractivity contribution in [3.63, 3.8) is 0 Å². The SMILES string of the molecule is CC[C@@H](C(=N)C(CN1CCCC1)[C@H](O)c1ccc(O)c(O)c1)C(=O)CCOc1ccc(OC)cc1. The predicted octanol–water partition coefficient (Wildman–Crippen LogP) is 3.94. The Morgan fingerprint density at radius 1 is 1.06 bits per heavy atom. The van der Waals surface area contributed by atoms with E-state index in [2.05, 4.69) is 4.90 Å². The molecule has 190 valence electrons. The zero-order chi connectivity index (χ0) is 25.4. The number of phenols is 2. The van der Waals surface area contributed by atoms with E-state index in [4.69, 9.17) is 14.9 Å². The molecule has 8 nitrogen and oxygen atoms in total. The van der Waals surface area contributed by atoms with Gasteiger partial charge in [-0.25, -0.2) is 0 Å². The first-order valence-corrected chi connectivity index (χ1v) is 12.1. The zero-order valence-electron chi connectivity index (χ0n) is 20.4. The van der Waals surface area contributed by atoms with Gasteiger partial charge in [0.05, 0.1) is 25.7 Å². The summed E-state index contributed by atoms with van der Waals surface area (Å²) in [5, 5.41) is 39.7. The van der Waals surface area contributed by atoms with Crippen molar-refractivity contribution in [3.8, 4) is 23.0 Å². The van der Waals surface area contributed by atoms with E-state index in [1.54, 1.807) is 31.4 Å². The van der Waals surface area contributed by atoms with E-state index in [1.807, 2.05) is 6.92 Å². The molecule has 1 aliphatic heterocycles. The first kappa shape index (κ1) is 26.5. The van der Waals surface area contributed by atoms with Crippen LogP contribution >= 0.6 is 0 Å². The van der Waals surface area contributed by atoms with Gasteiger partial charge >= 0.3 is 0 Å². The molecule has 0 saturated carbocycles. The Hall–Kier alpha value is -3.10. The normalized spacial score (nSPS) is 16.4. The van der Waals surface area contributed by atoms with Gasteiger partial charge in [-0.05, 0) is 74.3 Å². The van der Waals surface area contributed by atoms with Crippen LogP contribution in [0.15, 0.2) is 42.5 Å². The van der Waals surface area contributed by atoms with Crippen molar-refractivity contribution in [3.05, 3.63) is 48.0 Å². The van der Waals surface area contributed by atoms with Crippen LogP contribution in [-0.2, 0) is 4.79 Å². The number of hydrogen-bond donors (Lipinski definition) is 4. The molecule has 1 aliphatic rings. The van der Waals surface area contributed by atoms with Gasteiger partial charge in [0.15, 0.2) is 11.5 Å². The number of methoxy groups -OCH3 is 1. The third kappa shape index (κ3) is 6.96. The Balaban J connectivity index is 1.70. The fraction of sp³-hybridized carbons (Fsp3) is 0.481. The number of ketones is 1. The fourth-order valence-electron chi connectivity index (χ4n) is 4.56. The molecule has 0 bridgehead atoms. The Labute approximate surface area is 206 Å². The number of benzene rings is 2. The highest BCUT2D eigenvalue weighted by Gasteiger charge is 2.34. The van der Waals surface area contributed by atoms with Gasteiger partial charge in [-0.3, -0.25) is 4.79 Å². The smallest absolute Gasteiger partial charge is 0.157 e. The monoisotopic (exact) mass is 484 g/mol. The summed E-state index contributed by atoms with van der Waals surface area (Å²) >= 11 is 0. The van der Waals surface area contributed by atoms with Gasteiger partial charge in [0.1, 0.15) is 17.3 Å². The average molecular weight is 485 g/mol. The molecule has 0 aromatic heterocycles. The highest BCUT2D eigenvalue weighted by Crippen LogP contribution is 2.33. The Bertz CT molecular complexity index is 988. The summed E-state index contributed by atoms with van der Waals surface area (Å²) in [7, 11) is 1.59. The summed E-state index contributed by atoms with van der Waals surface area (Å²) in [5.41, 5.74) is 0.591. The molecule has 1 fully saturated rings. The lowest BCUT2D eigenvalue weighted by Crippen LogP contribution is -2.40. The number of carbonyl (C=O) groups is 1. The van der Waals surface area contributed by atoms with Crippen molar-refractivity contribution in [2.75, 3.05) is 33.4 Å². The van der Waals surface area contributed by atoms with Gasteiger partial charge in [-0.1, -0.05) is 13.0 Å². The number of aliphatic hydroxyl groups is 1.